The maximum atomic E-state index is 11.4. The molecule has 3 heteroatoms. The number of nitrogens with one attached hydrogen (secondary N) is 2. The first-order valence-corrected chi connectivity index (χ1v) is 7.49. The van der Waals surface area contributed by atoms with Crippen molar-refractivity contribution < 1.29 is 4.79 Å². The summed E-state index contributed by atoms with van der Waals surface area (Å²) >= 11 is 0. The van der Waals surface area contributed by atoms with Crippen LogP contribution in [0.15, 0.2) is 18.2 Å². The number of hydrogen-bond donors (Lipinski definition) is 2. The van der Waals surface area contributed by atoms with Crippen LogP contribution in [0.25, 0.3) is 0 Å². The highest BCUT2D eigenvalue weighted by Gasteiger charge is 2.41. The lowest BCUT2D eigenvalue weighted by atomic mass is 10.0. The summed E-state index contributed by atoms with van der Waals surface area (Å²) in [5, 5.41) is 6.70. The van der Waals surface area contributed by atoms with Crippen molar-refractivity contribution in [1.29, 1.82) is 0 Å². The van der Waals surface area contributed by atoms with Crippen molar-refractivity contribution in [3.8, 4) is 0 Å². The molecule has 0 aromatic heterocycles. The minimum Gasteiger partial charge on any atom is -0.382 e. The molecule has 0 spiro atoms. The number of carbonyl (C=O) groups excluding carboxylic acids is 1. The minimum absolute atomic E-state index is 0.141. The summed E-state index contributed by atoms with van der Waals surface area (Å²) in [6.45, 7) is 0. The Hall–Kier alpha value is -1.51. The Bertz CT molecular complexity index is 505. The van der Waals surface area contributed by atoms with Gasteiger partial charge in [-0.3, -0.25) is 4.79 Å². The fourth-order valence-electron chi connectivity index (χ4n) is 3.20. The summed E-state index contributed by atoms with van der Waals surface area (Å²) in [7, 11) is 0. The zero-order chi connectivity index (χ0) is 12.8. The number of hydrogen-bond acceptors (Lipinski definition) is 2. The molecular weight excluding hydrogens is 236 g/mol. The molecule has 2 N–H and O–H groups in total. The summed E-state index contributed by atoms with van der Waals surface area (Å²) < 4.78 is 0. The first kappa shape index (κ1) is 11.3. The molecule has 2 aliphatic carbocycles. The van der Waals surface area contributed by atoms with E-state index < -0.39 is 0 Å². The third kappa shape index (κ3) is 2.34. The Morgan fingerprint density at radius 1 is 1.11 bits per heavy atom. The first-order chi connectivity index (χ1) is 9.29. The van der Waals surface area contributed by atoms with Crippen LogP contribution in [0, 0.1) is 11.8 Å². The minimum atomic E-state index is 0.141. The molecule has 2 fully saturated rings. The van der Waals surface area contributed by atoms with Gasteiger partial charge in [0.15, 0.2) is 0 Å². The number of benzene rings is 1. The Morgan fingerprint density at radius 3 is 2.53 bits per heavy atom. The van der Waals surface area contributed by atoms with E-state index >= 15 is 0 Å². The molecule has 100 valence electrons. The maximum absolute atomic E-state index is 11.4. The van der Waals surface area contributed by atoms with E-state index in [0.29, 0.717) is 12.5 Å². The van der Waals surface area contributed by atoms with E-state index in [9.17, 15) is 4.79 Å². The van der Waals surface area contributed by atoms with Crippen LogP contribution in [0.1, 0.15) is 37.7 Å². The number of aryl methyl sites for hydroxylation is 1. The van der Waals surface area contributed by atoms with Gasteiger partial charge in [0.25, 0.3) is 0 Å². The molecule has 0 unspecified atom stereocenters. The smallest absolute Gasteiger partial charge is 0.224 e. The molecule has 3 nitrogen and oxygen atoms in total. The quantitative estimate of drug-likeness (QED) is 0.868. The van der Waals surface area contributed by atoms with Crippen LogP contribution < -0.4 is 10.6 Å². The maximum Gasteiger partial charge on any atom is 0.224 e. The van der Waals surface area contributed by atoms with Crippen molar-refractivity contribution in [2.45, 2.75) is 44.6 Å². The van der Waals surface area contributed by atoms with Gasteiger partial charge in [0.05, 0.1) is 0 Å². The third-order valence-corrected chi connectivity index (χ3v) is 4.59. The molecule has 0 radical (unpaired) electrons. The first-order valence-electron chi connectivity index (χ1n) is 7.49. The van der Waals surface area contributed by atoms with E-state index in [2.05, 4.69) is 22.8 Å². The van der Waals surface area contributed by atoms with Crippen LogP contribution in [-0.2, 0) is 11.2 Å². The van der Waals surface area contributed by atoms with Crippen molar-refractivity contribution in [2.75, 3.05) is 10.6 Å². The normalized spacial score (nSPS) is 22.1. The number of amides is 1. The van der Waals surface area contributed by atoms with Gasteiger partial charge in [-0.2, -0.15) is 0 Å². The number of rotatable bonds is 4. The van der Waals surface area contributed by atoms with Gasteiger partial charge in [-0.25, -0.2) is 0 Å². The molecular formula is C16H20N2O. The van der Waals surface area contributed by atoms with Gasteiger partial charge in [-0.1, -0.05) is 0 Å². The Morgan fingerprint density at radius 2 is 1.84 bits per heavy atom. The number of fused-ring (bicyclic) bond motifs is 1. The highest BCUT2D eigenvalue weighted by molar-refractivity contribution is 5.94. The molecule has 2 saturated carbocycles. The second-order valence-electron chi connectivity index (χ2n) is 6.27. The molecule has 1 aromatic rings. The standard InChI is InChI=1S/C16H20N2O/c19-15-8-5-12-9-13(6-7-14(12)18-15)17-16(10-1-2-10)11-3-4-11/h6-7,9-11,16-17H,1-5,8H2,(H,18,19). The van der Waals surface area contributed by atoms with Crippen LogP contribution in [0.2, 0.25) is 0 Å². The molecule has 1 heterocycles. The highest BCUT2D eigenvalue weighted by atomic mass is 16.1. The van der Waals surface area contributed by atoms with Crippen molar-refractivity contribution in [2.24, 2.45) is 11.8 Å². The fraction of sp³-hybridized carbons (Fsp3) is 0.562. The van der Waals surface area contributed by atoms with Crippen LogP contribution in [0.3, 0.4) is 0 Å². The van der Waals surface area contributed by atoms with Crippen molar-refractivity contribution >= 4 is 17.3 Å². The third-order valence-electron chi connectivity index (χ3n) is 4.59. The Balaban J connectivity index is 1.53. The molecule has 1 aliphatic heterocycles. The van der Waals surface area contributed by atoms with E-state index in [0.717, 1.165) is 23.9 Å². The zero-order valence-electron chi connectivity index (χ0n) is 11.1. The lowest BCUT2D eigenvalue weighted by Crippen LogP contribution is -2.24. The van der Waals surface area contributed by atoms with Gasteiger partial charge in [0, 0.05) is 23.8 Å². The van der Waals surface area contributed by atoms with Gasteiger partial charge in [0.2, 0.25) is 5.91 Å². The van der Waals surface area contributed by atoms with E-state index in [1.54, 1.807) is 0 Å². The van der Waals surface area contributed by atoms with Crippen LogP contribution in [0.5, 0.6) is 0 Å². The summed E-state index contributed by atoms with van der Waals surface area (Å²) in [5.41, 5.74) is 3.50. The highest BCUT2D eigenvalue weighted by Crippen LogP contribution is 2.46. The predicted octanol–water partition coefficient (Wildman–Crippen LogP) is 3.17. The van der Waals surface area contributed by atoms with Gasteiger partial charge in [0.1, 0.15) is 0 Å². The molecule has 0 bridgehead atoms. The van der Waals surface area contributed by atoms with Gasteiger partial charge < -0.3 is 10.6 Å². The Kier molecular flexibility index (Phi) is 2.54. The summed E-state index contributed by atoms with van der Waals surface area (Å²) in [5.74, 6) is 1.95. The molecule has 0 atom stereocenters. The molecule has 19 heavy (non-hydrogen) atoms. The zero-order valence-corrected chi connectivity index (χ0v) is 11.1. The van der Waals surface area contributed by atoms with Crippen LogP contribution in [0.4, 0.5) is 11.4 Å². The number of carbonyl (C=O) groups is 1. The van der Waals surface area contributed by atoms with Crippen molar-refractivity contribution in [3.05, 3.63) is 23.8 Å². The van der Waals surface area contributed by atoms with Gasteiger partial charge >= 0.3 is 0 Å². The second kappa shape index (κ2) is 4.26. The lowest BCUT2D eigenvalue weighted by Gasteiger charge is -2.22. The van der Waals surface area contributed by atoms with Gasteiger partial charge in [-0.15, -0.1) is 0 Å². The van der Waals surface area contributed by atoms with E-state index in [1.165, 1.54) is 36.9 Å². The monoisotopic (exact) mass is 256 g/mol. The van der Waals surface area contributed by atoms with E-state index in [-0.39, 0.29) is 5.91 Å². The topological polar surface area (TPSA) is 41.1 Å². The average Bonchev–Trinajstić information content (AvgIpc) is 3.28. The molecule has 3 aliphatic rings. The molecule has 0 saturated heterocycles. The lowest BCUT2D eigenvalue weighted by molar-refractivity contribution is -0.116. The van der Waals surface area contributed by atoms with E-state index in [4.69, 9.17) is 0 Å². The molecule has 1 amide bonds. The fourth-order valence-corrected chi connectivity index (χ4v) is 3.20. The second-order valence-corrected chi connectivity index (χ2v) is 6.27. The van der Waals surface area contributed by atoms with E-state index in [1.807, 2.05) is 6.07 Å². The SMILES string of the molecule is O=C1CCc2cc(NC(C3CC3)C3CC3)ccc2N1. The average molecular weight is 256 g/mol. The van der Waals surface area contributed by atoms with Gasteiger partial charge in [-0.05, 0) is 67.7 Å². The molecule has 4 rings (SSSR count). The number of anilines is 2. The van der Waals surface area contributed by atoms with Crippen LogP contribution >= 0.6 is 0 Å². The Labute approximate surface area is 113 Å². The van der Waals surface area contributed by atoms with Crippen molar-refractivity contribution in [3.63, 3.8) is 0 Å². The largest absolute Gasteiger partial charge is 0.382 e. The summed E-state index contributed by atoms with van der Waals surface area (Å²) in [6, 6.07) is 7.08. The summed E-state index contributed by atoms with van der Waals surface area (Å²) in [4.78, 5) is 11.4. The molecule has 1 aromatic carbocycles. The van der Waals surface area contributed by atoms with Crippen molar-refractivity contribution in [1.82, 2.24) is 0 Å². The summed E-state index contributed by atoms with van der Waals surface area (Å²) in [6.07, 6.45) is 7.08. The predicted molar refractivity (Wildman–Crippen MR) is 76.3 cm³/mol. The van der Waals surface area contributed by atoms with Crippen LogP contribution in [-0.4, -0.2) is 11.9 Å².